The third-order valence-corrected chi connectivity index (χ3v) is 5.71. The lowest BCUT2D eigenvalue weighted by atomic mass is 10.2. The van der Waals surface area contributed by atoms with Crippen LogP contribution in [0.4, 0.5) is 15.9 Å². The molecular weight excluding hydrogens is 367 g/mol. The fourth-order valence-electron chi connectivity index (χ4n) is 4.01. The summed E-state index contributed by atoms with van der Waals surface area (Å²) in [6, 6.07) is 10.8. The molecule has 2 aliphatic heterocycles. The lowest BCUT2D eigenvalue weighted by Crippen LogP contribution is -2.51. The number of piperazine rings is 1. The van der Waals surface area contributed by atoms with Crippen LogP contribution in [0.2, 0.25) is 0 Å². The highest BCUT2D eigenvalue weighted by atomic mass is 19.1. The molecule has 1 aromatic heterocycles. The number of nitrogens with zero attached hydrogens (tertiary/aromatic N) is 5. The number of hydrogen-bond donors (Lipinski definition) is 1. The summed E-state index contributed by atoms with van der Waals surface area (Å²) in [6.07, 6.45) is 2.44. The summed E-state index contributed by atoms with van der Waals surface area (Å²) < 4.78 is 13.1. The van der Waals surface area contributed by atoms with Gasteiger partial charge in [0.25, 0.3) is 0 Å². The number of rotatable bonds is 4. The topological polar surface area (TPSA) is 61.0 Å². The third-order valence-electron chi connectivity index (χ3n) is 5.71. The van der Waals surface area contributed by atoms with Crippen molar-refractivity contribution in [1.82, 2.24) is 9.88 Å². The van der Waals surface area contributed by atoms with Gasteiger partial charge in [0, 0.05) is 56.2 Å². The van der Waals surface area contributed by atoms with Gasteiger partial charge in [-0.25, -0.2) is 14.4 Å². The van der Waals surface area contributed by atoms with Gasteiger partial charge in [0.1, 0.15) is 11.6 Å². The minimum absolute atomic E-state index is 0.206. The van der Waals surface area contributed by atoms with Gasteiger partial charge in [0.2, 0.25) is 0 Å². The average Bonchev–Trinajstić information content (AvgIpc) is 3.28. The smallest absolute Gasteiger partial charge is 0.191 e. The normalized spacial score (nSPS) is 17.9. The number of aliphatic imine (C=N–C) groups is 1. The van der Waals surface area contributed by atoms with E-state index in [1.54, 1.807) is 0 Å². The average molecular weight is 397 g/mol. The van der Waals surface area contributed by atoms with Crippen LogP contribution in [0, 0.1) is 12.7 Å². The van der Waals surface area contributed by atoms with Crippen molar-refractivity contribution in [2.24, 2.45) is 10.7 Å². The number of anilines is 2. The molecule has 0 spiro atoms. The summed E-state index contributed by atoms with van der Waals surface area (Å²) in [4.78, 5) is 16.2. The first kappa shape index (κ1) is 19.5. The lowest BCUT2D eigenvalue weighted by molar-refractivity contribution is 0.380. The zero-order valence-electron chi connectivity index (χ0n) is 17.0. The predicted octanol–water partition coefficient (Wildman–Crippen LogP) is 2.77. The molecule has 0 saturated carbocycles. The summed E-state index contributed by atoms with van der Waals surface area (Å²) in [5, 5.41) is 0. The predicted molar refractivity (Wildman–Crippen MR) is 116 cm³/mol. The summed E-state index contributed by atoms with van der Waals surface area (Å²) in [6.45, 7) is 7.99. The molecule has 0 amide bonds. The summed E-state index contributed by atoms with van der Waals surface area (Å²) in [5.41, 5.74) is 9.51. The van der Waals surface area contributed by atoms with Crippen LogP contribution >= 0.6 is 0 Å². The molecular formula is C22H29FN6. The van der Waals surface area contributed by atoms with E-state index in [9.17, 15) is 4.39 Å². The number of aromatic nitrogens is 1. The Morgan fingerprint density at radius 2 is 1.66 bits per heavy atom. The van der Waals surface area contributed by atoms with Crippen LogP contribution < -0.4 is 15.5 Å². The van der Waals surface area contributed by atoms with Crippen LogP contribution in [0.3, 0.4) is 0 Å². The zero-order valence-corrected chi connectivity index (χ0v) is 17.0. The van der Waals surface area contributed by atoms with E-state index in [1.165, 1.54) is 25.0 Å². The highest BCUT2D eigenvalue weighted by Gasteiger charge is 2.20. The Balaban J connectivity index is 1.38. The molecule has 4 rings (SSSR count). The van der Waals surface area contributed by atoms with E-state index in [2.05, 4.69) is 25.8 Å². The molecule has 2 N–H and O–H groups in total. The van der Waals surface area contributed by atoms with Gasteiger partial charge in [-0.1, -0.05) is 6.07 Å². The lowest BCUT2D eigenvalue weighted by Gasteiger charge is -2.36. The van der Waals surface area contributed by atoms with Crippen LogP contribution in [0.15, 0.2) is 41.4 Å². The van der Waals surface area contributed by atoms with E-state index in [1.807, 2.05) is 25.1 Å². The first-order chi connectivity index (χ1) is 14.1. The summed E-state index contributed by atoms with van der Waals surface area (Å²) in [5.74, 6) is 1.43. The summed E-state index contributed by atoms with van der Waals surface area (Å²) in [7, 11) is 0. The quantitative estimate of drug-likeness (QED) is 0.636. The highest BCUT2D eigenvalue weighted by Crippen LogP contribution is 2.24. The maximum Gasteiger partial charge on any atom is 0.191 e. The van der Waals surface area contributed by atoms with Gasteiger partial charge in [-0.2, -0.15) is 0 Å². The molecule has 0 unspecified atom stereocenters. The Hall–Kier alpha value is -2.83. The zero-order chi connectivity index (χ0) is 20.2. The van der Waals surface area contributed by atoms with Crippen molar-refractivity contribution >= 4 is 17.5 Å². The van der Waals surface area contributed by atoms with Crippen molar-refractivity contribution in [2.45, 2.75) is 26.3 Å². The Kier molecular flexibility index (Phi) is 5.83. The number of benzene rings is 1. The monoisotopic (exact) mass is 396 g/mol. The fourth-order valence-corrected chi connectivity index (χ4v) is 4.01. The molecule has 6 nitrogen and oxygen atoms in total. The van der Waals surface area contributed by atoms with Crippen LogP contribution in [0.5, 0.6) is 0 Å². The van der Waals surface area contributed by atoms with Crippen LogP contribution in [-0.2, 0) is 6.54 Å². The molecule has 1 aromatic carbocycles. The van der Waals surface area contributed by atoms with Gasteiger partial charge in [-0.3, -0.25) is 0 Å². The largest absolute Gasteiger partial charge is 0.370 e. The molecule has 0 aliphatic carbocycles. The van der Waals surface area contributed by atoms with Gasteiger partial charge in [0.15, 0.2) is 5.96 Å². The number of pyridine rings is 1. The van der Waals surface area contributed by atoms with Gasteiger partial charge < -0.3 is 20.4 Å². The molecule has 2 saturated heterocycles. The molecule has 154 valence electrons. The van der Waals surface area contributed by atoms with Gasteiger partial charge in [-0.15, -0.1) is 0 Å². The summed E-state index contributed by atoms with van der Waals surface area (Å²) >= 11 is 0. The number of aryl methyl sites for hydroxylation is 1. The SMILES string of the molecule is Cc1ccc(CN=C(N)N2CCN(c3ccc(F)cc3)CC2)c(N2CCCC2)n1. The van der Waals surface area contributed by atoms with Crippen molar-refractivity contribution < 1.29 is 4.39 Å². The van der Waals surface area contributed by atoms with Crippen molar-refractivity contribution in [2.75, 3.05) is 49.1 Å². The molecule has 7 heteroatoms. The van der Waals surface area contributed by atoms with Crippen LogP contribution in [0.1, 0.15) is 24.1 Å². The number of halogens is 1. The van der Waals surface area contributed by atoms with Gasteiger partial charge in [0.05, 0.1) is 6.54 Å². The van der Waals surface area contributed by atoms with E-state index in [-0.39, 0.29) is 5.82 Å². The first-order valence-corrected chi connectivity index (χ1v) is 10.4. The molecule has 0 radical (unpaired) electrons. The molecule has 0 bridgehead atoms. The van der Waals surface area contributed by atoms with Crippen LogP contribution in [-0.4, -0.2) is 55.1 Å². The minimum atomic E-state index is -0.206. The van der Waals surface area contributed by atoms with E-state index >= 15 is 0 Å². The molecule has 0 atom stereocenters. The Morgan fingerprint density at radius 1 is 0.966 bits per heavy atom. The molecule has 29 heavy (non-hydrogen) atoms. The Labute approximate surface area is 171 Å². The minimum Gasteiger partial charge on any atom is -0.370 e. The highest BCUT2D eigenvalue weighted by molar-refractivity contribution is 5.78. The third kappa shape index (κ3) is 4.60. The standard InChI is InChI=1S/C22H29FN6/c1-17-4-5-18(21(26-17)28-10-2-3-11-28)16-25-22(24)29-14-12-27(13-15-29)20-8-6-19(23)7-9-20/h4-9H,2-3,10-16H2,1H3,(H2,24,25). The van der Waals surface area contributed by atoms with E-state index in [0.717, 1.165) is 62.0 Å². The molecule has 2 aromatic rings. The first-order valence-electron chi connectivity index (χ1n) is 10.4. The maximum atomic E-state index is 13.1. The Bertz CT molecular complexity index is 852. The molecule has 3 heterocycles. The molecule has 2 aliphatic rings. The van der Waals surface area contributed by atoms with Crippen molar-refractivity contribution in [1.29, 1.82) is 0 Å². The number of guanidine groups is 1. The van der Waals surface area contributed by atoms with E-state index < -0.39 is 0 Å². The second-order valence-electron chi connectivity index (χ2n) is 7.75. The van der Waals surface area contributed by atoms with Crippen molar-refractivity contribution in [3.05, 3.63) is 53.5 Å². The van der Waals surface area contributed by atoms with E-state index in [4.69, 9.17) is 10.7 Å². The molecule has 2 fully saturated rings. The Morgan fingerprint density at radius 3 is 2.34 bits per heavy atom. The number of nitrogens with two attached hydrogens (primary N) is 1. The number of hydrogen-bond acceptors (Lipinski definition) is 4. The van der Waals surface area contributed by atoms with Crippen molar-refractivity contribution in [3.8, 4) is 0 Å². The maximum absolute atomic E-state index is 13.1. The van der Waals surface area contributed by atoms with E-state index in [0.29, 0.717) is 12.5 Å². The second-order valence-corrected chi connectivity index (χ2v) is 7.75. The fraction of sp³-hybridized carbons (Fsp3) is 0.455. The van der Waals surface area contributed by atoms with Gasteiger partial charge in [-0.05, 0) is 50.1 Å². The van der Waals surface area contributed by atoms with Crippen molar-refractivity contribution in [3.63, 3.8) is 0 Å². The second kappa shape index (κ2) is 8.68. The van der Waals surface area contributed by atoms with Gasteiger partial charge >= 0.3 is 0 Å². The van der Waals surface area contributed by atoms with Crippen LogP contribution in [0.25, 0.3) is 0 Å².